The summed E-state index contributed by atoms with van der Waals surface area (Å²) in [7, 11) is 0. The molecule has 1 amide bonds. The van der Waals surface area contributed by atoms with E-state index in [2.05, 4.69) is 5.32 Å². The van der Waals surface area contributed by atoms with Crippen LogP contribution in [0.5, 0.6) is 0 Å². The van der Waals surface area contributed by atoms with E-state index in [-0.39, 0.29) is 11.7 Å². The summed E-state index contributed by atoms with van der Waals surface area (Å²) >= 11 is 1.51. The Kier molecular flexibility index (Phi) is 3.00. The number of carbonyl (C=O) groups excluding carboxylic acids is 1. The standard InChI is InChI=1S/C14H11FN2OS/c15-8-1-3-9(4-2-8)19-10-5-6-11-12(7-10)17-14(18)13(11)16/h1-7,13H,16H2,(H,17,18). The van der Waals surface area contributed by atoms with Gasteiger partial charge in [-0.25, -0.2) is 4.39 Å². The van der Waals surface area contributed by atoms with Gasteiger partial charge in [0.05, 0.1) is 0 Å². The van der Waals surface area contributed by atoms with Crippen LogP contribution in [-0.2, 0) is 4.79 Å². The normalized spacial score (nSPS) is 17.2. The number of halogens is 1. The molecule has 96 valence electrons. The Bertz CT molecular complexity index is 642. The van der Waals surface area contributed by atoms with Crippen molar-refractivity contribution in [3.05, 3.63) is 53.8 Å². The van der Waals surface area contributed by atoms with E-state index in [0.717, 1.165) is 21.0 Å². The van der Waals surface area contributed by atoms with E-state index in [4.69, 9.17) is 5.73 Å². The highest BCUT2D eigenvalue weighted by molar-refractivity contribution is 7.99. The van der Waals surface area contributed by atoms with E-state index in [1.54, 1.807) is 12.1 Å². The van der Waals surface area contributed by atoms with Gasteiger partial charge in [0.25, 0.3) is 0 Å². The van der Waals surface area contributed by atoms with E-state index < -0.39 is 6.04 Å². The van der Waals surface area contributed by atoms with E-state index in [1.807, 2.05) is 18.2 Å². The zero-order chi connectivity index (χ0) is 13.4. The van der Waals surface area contributed by atoms with Crippen molar-refractivity contribution >= 4 is 23.4 Å². The monoisotopic (exact) mass is 274 g/mol. The third-order valence-electron chi connectivity index (χ3n) is 2.95. The van der Waals surface area contributed by atoms with Crippen molar-refractivity contribution in [1.82, 2.24) is 0 Å². The molecule has 1 heterocycles. The van der Waals surface area contributed by atoms with Crippen LogP contribution in [0.2, 0.25) is 0 Å². The third-order valence-corrected chi connectivity index (χ3v) is 3.95. The molecule has 3 rings (SSSR count). The van der Waals surface area contributed by atoms with Crippen molar-refractivity contribution in [2.45, 2.75) is 15.8 Å². The second kappa shape index (κ2) is 4.68. The molecule has 0 bridgehead atoms. The van der Waals surface area contributed by atoms with Gasteiger partial charge in [0, 0.05) is 21.0 Å². The third kappa shape index (κ3) is 2.34. The quantitative estimate of drug-likeness (QED) is 0.885. The fourth-order valence-electron chi connectivity index (χ4n) is 1.97. The Balaban J connectivity index is 1.86. The summed E-state index contributed by atoms with van der Waals surface area (Å²) in [6.07, 6.45) is 0. The zero-order valence-corrected chi connectivity index (χ0v) is 10.7. The van der Waals surface area contributed by atoms with Crippen molar-refractivity contribution in [1.29, 1.82) is 0 Å². The summed E-state index contributed by atoms with van der Waals surface area (Å²) in [4.78, 5) is 13.4. The van der Waals surface area contributed by atoms with Crippen molar-refractivity contribution in [2.75, 3.05) is 5.32 Å². The number of fused-ring (bicyclic) bond motifs is 1. The number of nitrogens with one attached hydrogen (secondary N) is 1. The molecule has 0 aromatic heterocycles. The number of hydrogen-bond acceptors (Lipinski definition) is 3. The van der Waals surface area contributed by atoms with Crippen molar-refractivity contribution in [3.8, 4) is 0 Å². The molecule has 1 atom stereocenters. The molecule has 0 spiro atoms. The largest absolute Gasteiger partial charge is 0.324 e. The van der Waals surface area contributed by atoms with E-state index in [1.165, 1.54) is 23.9 Å². The van der Waals surface area contributed by atoms with Gasteiger partial charge in [-0.3, -0.25) is 4.79 Å². The maximum Gasteiger partial charge on any atom is 0.245 e. The van der Waals surface area contributed by atoms with Gasteiger partial charge in [0.2, 0.25) is 5.91 Å². The lowest BCUT2D eigenvalue weighted by molar-refractivity contribution is -0.116. The lowest BCUT2D eigenvalue weighted by Gasteiger charge is -2.05. The maximum atomic E-state index is 12.8. The molecule has 1 aliphatic rings. The van der Waals surface area contributed by atoms with Crippen LogP contribution >= 0.6 is 11.8 Å². The highest BCUT2D eigenvalue weighted by atomic mass is 32.2. The predicted octanol–water partition coefficient (Wildman–Crippen LogP) is 2.93. The maximum absolute atomic E-state index is 12.8. The van der Waals surface area contributed by atoms with E-state index >= 15 is 0 Å². The SMILES string of the molecule is NC1C(=O)Nc2cc(Sc3ccc(F)cc3)ccc21. The smallest absolute Gasteiger partial charge is 0.245 e. The fourth-order valence-corrected chi connectivity index (χ4v) is 2.83. The zero-order valence-electron chi connectivity index (χ0n) is 9.89. The minimum atomic E-state index is -0.583. The van der Waals surface area contributed by atoms with Crippen molar-refractivity contribution in [2.24, 2.45) is 5.73 Å². The molecule has 2 aromatic rings. The Labute approximate surface area is 114 Å². The molecule has 5 heteroatoms. The lowest BCUT2D eigenvalue weighted by Crippen LogP contribution is -2.19. The molecular formula is C14H11FN2OS. The number of nitrogens with two attached hydrogens (primary N) is 1. The van der Waals surface area contributed by atoms with Gasteiger partial charge in [0.1, 0.15) is 11.9 Å². The van der Waals surface area contributed by atoms with Gasteiger partial charge in [-0.1, -0.05) is 17.8 Å². The minimum absolute atomic E-state index is 0.182. The average Bonchev–Trinajstić information content (AvgIpc) is 2.68. The van der Waals surface area contributed by atoms with Gasteiger partial charge in [0.15, 0.2) is 0 Å². The summed E-state index contributed by atoms with van der Waals surface area (Å²) in [5.41, 5.74) is 7.32. The molecule has 0 aliphatic carbocycles. The Morgan fingerprint density at radius 2 is 1.79 bits per heavy atom. The molecule has 2 aromatic carbocycles. The van der Waals surface area contributed by atoms with Crippen LogP contribution in [0.15, 0.2) is 52.3 Å². The molecule has 0 radical (unpaired) electrons. The van der Waals surface area contributed by atoms with Gasteiger partial charge in [-0.15, -0.1) is 0 Å². The van der Waals surface area contributed by atoms with Crippen LogP contribution in [0, 0.1) is 5.82 Å². The molecule has 0 saturated heterocycles. The van der Waals surface area contributed by atoms with E-state index in [0.29, 0.717) is 0 Å². The number of anilines is 1. The highest BCUT2D eigenvalue weighted by Gasteiger charge is 2.26. The number of carbonyl (C=O) groups is 1. The summed E-state index contributed by atoms with van der Waals surface area (Å²) < 4.78 is 12.8. The number of benzene rings is 2. The van der Waals surface area contributed by atoms with Gasteiger partial charge >= 0.3 is 0 Å². The molecular weight excluding hydrogens is 263 g/mol. The number of rotatable bonds is 2. The molecule has 3 N–H and O–H groups in total. The lowest BCUT2D eigenvalue weighted by atomic mass is 10.1. The van der Waals surface area contributed by atoms with Gasteiger partial charge in [-0.2, -0.15) is 0 Å². The van der Waals surface area contributed by atoms with E-state index in [9.17, 15) is 9.18 Å². The summed E-state index contributed by atoms with van der Waals surface area (Å²) in [6, 6.07) is 11.3. The van der Waals surface area contributed by atoms with Crippen LogP contribution < -0.4 is 11.1 Å². The Morgan fingerprint density at radius 1 is 1.11 bits per heavy atom. The highest BCUT2D eigenvalue weighted by Crippen LogP contribution is 2.35. The van der Waals surface area contributed by atoms with Crippen molar-refractivity contribution in [3.63, 3.8) is 0 Å². The van der Waals surface area contributed by atoms with Crippen LogP contribution in [0.1, 0.15) is 11.6 Å². The summed E-state index contributed by atoms with van der Waals surface area (Å²) in [5.74, 6) is -0.435. The molecule has 0 saturated carbocycles. The first-order valence-corrected chi connectivity index (χ1v) is 6.59. The second-order valence-electron chi connectivity index (χ2n) is 4.27. The second-order valence-corrected chi connectivity index (χ2v) is 5.42. The molecule has 1 aliphatic heterocycles. The first-order valence-electron chi connectivity index (χ1n) is 5.77. The Hall–Kier alpha value is -1.85. The molecule has 0 fully saturated rings. The number of hydrogen-bond donors (Lipinski definition) is 2. The van der Waals surface area contributed by atoms with Crippen LogP contribution in [0.3, 0.4) is 0 Å². The first kappa shape index (κ1) is 12.2. The molecule has 1 unspecified atom stereocenters. The van der Waals surface area contributed by atoms with Crippen LogP contribution in [0.4, 0.5) is 10.1 Å². The number of amides is 1. The first-order chi connectivity index (χ1) is 9.13. The van der Waals surface area contributed by atoms with Gasteiger partial charge in [-0.05, 0) is 36.4 Å². The topological polar surface area (TPSA) is 55.1 Å². The molecule has 3 nitrogen and oxygen atoms in total. The average molecular weight is 274 g/mol. The van der Waals surface area contributed by atoms with Gasteiger partial charge < -0.3 is 11.1 Å². The fraction of sp³-hybridized carbons (Fsp3) is 0.0714. The molecule has 19 heavy (non-hydrogen) atoms. The van der Waals surface area contributed by atoms with Crippen LogP contribution in [0.25, 0.3) is 0 Å². The van der Waals surface area contributed by atoms with Crippen LogP contribution in [-0.4, -0.2) is 5.91 Å². The minimum Gasteiger partial charge on any atom is -0.324 e. The summed E-state index contributed by atoms with van der Waals surface area (Å²) in [5, 5.41) is 2.75. The summed E-state index contributed by atoms with van der Waals surface area (Å²) in [6.45, 7) is 0. The predicted molar refractivity (Wildman–Crippen MR) is 72.5 cm³/mol. The van der Waals surface area contributed by atoms with Crippen molar-refractivity contribution < 1.29 is 9.18 Å². The Morgan fingerprint density at radius 3 is 2.53 bits per heavy atom.